The maximum Gasteiger partial charge on any atom is 0.337 e. The highest BCUT2D eigenvalue weighted by Crippen LogP contribution is 2.43. The average Bonchev–Trinajstić information content (AvgIpc) is 2.95. The second kappa shape index (κ2) is 15.8. The van der Waals surface area contributed by atoms with Gasteiger partial charge in [0, 0.05) is 24.9 Å². The minimum Gasteiger partial charge on any atom is -0.497 e. The normalized spacial score (nSPS) is 24.6. The van der Waals surface area contributed by atoms with Crippen LogP contribution in [0, 0.1) is 17.8 Å². The van der Waals surface area contributed by atoms with E-state index in [2.05, 4.69) is 108 Å². The van der Waals surface area contributed by atoms with Crippen molar-refractivity contribution in [3.05, 3.63) is 41.5 Å². The fourth-order valence-corrected chi connectivity index (χ4v) is 8.07. The quantitative estimate of drug-likeness (QED) is 0.110. The highest BCUT2D eigenvalue weighted by molar-refractivity contribution is 6.74. The van der Waals surface area contributed by atoms with E-state index in [1.165, 1.54) is 0 Å². The molecule has 0 bridgehead atoms. The molecule has 0 aliphatic carbocycles. The Balaban J connectivity index is 2.36. The van der Waals surface area contributed by atoms with E-state index in [0.29, 0.717) is 6.61 Å². The van der Waals surface area contributed by atoms with E-state index < -0.39 is 34.9 Å². The third kappa shape index (κ3) is 10.0. The van der Waals surface area contributed by atoms with E-state index in [1.54, 1.807) is 14.2 Å². The van der Waals surface area contributed by atoms with Crippen molar-refractivity contribution in [3.63, 3.8) is 0 Å². The molecule has 46 heavy (non-hydrogen) atoms. The van der Waals surface area contributed by atoms with Crippen LogP contribution >= 0.6 is 0 Å². The van der Waals surface area contributed by atoms with Gasteiger partial charge in [0.1, 0.15) is 11.9 Å². The van der Waals surface area contributed by atoms with Crippen molar-refractivity contribution in [1.82, 2.24) is 0 Å². The summed E-state index contributed by atoms with van der Waals surface area (Å²) >= 11 is 0. The van der Waals surface area contributed by atoms with Crippen LogP contribution in [-0.2, 0) is 34.5 Å². The van der Waals surface area contributed by atoms with E-state index in [-0.39, 0.29) is 46.0 Å². The Morgan fingerprint density at radius 1 is 0.935 bits per heavy atom. The van der Waals surface area contributed by atoms with Crippen LogP contribution in [0.25, 0.3) is 0 Å². The summed E-state index contributed by atoms with van der Waals surface area (Å²) in [6, 6.07) is 7.97. The molecule has 0 amide bonds. The monoisotopic (exact) mass is 678 g/mol. The Labute approximate surface area is 283 Å². The second-order valence-corrected chi connectivity index (χ2v) is 26.1. The third-order valence-electron chi connectivity index (χ3n) is 10.9. The van der Waals surface area contributed by atoms with Crippen LogP contribution in [0.1, 0.15) is 81.7 Å². The van der Waals surface area contributed by atoms with E-state index in [1.807, 2.05) is 24.3 Å². The van der Waals surface area contributed by atoms with Gasteiger partial charge in [0.05, 0.1) is 32.0 Å². The van der Waals surface area contributed by atoms with Gasteiger partial charge in [-0.3, -0.25) is 0 Å². The maximum atomic E-state index is 13.7. The third-order valence-corrected chi connectivity index (χ3v) is 19.8. The van der Waals surface area contributed by atoms with Gasteiger partial charge in [-0.25, -0.2) is 4.79 Å². The van der Waals surface area contributed by atoms with Crippen LogP contribution < -0.4 is 4.74 Å². The van der Waals surface area contributed by atoms with Crippen molar-refractivity contribution >= 4 is 22.6 Å². The lowest BCUT2D eigenvalue weighted by Gasteiger charge is -2.48. The fraction of sp³-hybridized carbons (Fsp3) is 0.757. The standard InChI is InChI=1S/C37H66O7Si2/c1-24(28(5)41-23-29-18-20-30(39-12)21-19-29)22-25(2)31(43-45(14,15)36(6,7)8)26(3)32-27(4)33(40-13)34(35(38)42-32)44-46(16,17)37(9,10)11/h18-22,24,26-28,31-34H,23H2,1-17H3/b25-22+/t24-,26+,27+,28-,31-,32-,33-,34+/m0/s1. The molecule has 264 valence electrons. The highest BCUT2D eigenvalue weighted by Gasteiger charge is 2.52. The number of carbonyl (C=O) groups is 1. The molecule has 1 aliphatic heterocycles. The Hall–Kier alpha value is -1.50. The van der Waals surface area contributed by atoms with Crippen molar-refractivity contribution < 1.29 is 32.6 Å². The second-order valence-electron chi connectivity index (χ2n) is 16.6. The van der Waals surface area contributed by atoms with E-state index in [9.17, 15) is 4.79 Å². The Bertz CT molecular complexity index is 1150. The molecule has 1 heterocycles. The van der Waals surface area contributed by atoms with E-state index in [0.717, 1.165) is 16.9 Å². The topological polar surface area (TPSA) is 72.5 Å². The molecule has 1 saturated heterocycles. The fourth-order valence-electron chi connectivity index (χ4n) is 5.47. The van der Waals surface area contributed by atoms with Crippen LogP contribution in [-0.4, -0.2) is 67.3 Å². The van der Waals surface area contributed by atoms with Gasteiger partial charge in [-0.15, -0.1) is 0 Å². The molecule has 2 rings (SSSR count). The van der Waals surface area contributed by atoms with Crippen LogP contribution in [0.15, 0.2) is 35.9 Å². The van der Waals surface area contributed by atoms with Crippen LogP contribution in [0.2, 0.25) is 36.3 Å². The zero-order valence-electron chi connectivity index (χ0n) is 32.1. The number of cyclic esters (lactones) is 1. The Morgan fingerprint density at radius 3 is 1.96 bits per heavy atom. The SMILES string of the molecule is COc1ccc(CO[C@@H](C)[C@@H](C)/C=C(\C)[C@H](O[Si](C)(C)C(C)(C)C)[C@@H](C)[C@@H]2OC(=O)[C@H](O[Si](C)(C)C(C)(C)C)[C@@H](OC)[C@@H]2C)cc1. The van der Waals surface area contributed by atoms with Crippen molar-refractivity contribution in [2.45, 2.75) is 150 Å². The number of rotatable bonds is 14. The lowest BCUT2D eigenvalue weighted by Crippen LogP contribution is -2.60. The number of carbonyl (C=O) groups excluding carboxylic acids is 1. The number of esters is 1. The molecule has 0 spiro atoms. The minimum absolute atomic E-state index is 0.0116. The van der Waals surface area contributed by atoms with E-state index in [4.69, 9.17) is 27.8 Å². The van der Waals surface area contributed by atoms with Gasteiger partial charge in [0.15, 0.2) is 22.7 Å². The first-order chi connectivity index (χ1) is 21.0. The number of hydrogen-bond acceptors (Lipinski definition) is 7. The van der Waals surface area contributed by atoms with Crippen molar-refractivity contribution in [2.24, 2.45) is 17.8 Å². The Kier molecular flexibility index (Phi) is 14.0. The van der Waals surface area contributed by atoms with Crippen molar-refractivity contribution in [3.8, 4) is 5.75 Å². The van der Waals surface area contributed by atoms with Crippen molar-refractivity contribution in [2.75, 3.05) is 14.2 Å². The predicted octanol–water partition coefficient (Wildman–Crippen LogP) is 9.18. The molecular weight excluding hydrogens is 613 g/mol. The summed E-state index contributed by atoms with van der Waals surface area (Å²) in [6.45, 7) is 33.4. The van der Waals surface area contributed by atoms with Gasteiger partial charge >= 0.3 is 5.97 Å². The summed E-state index contributed by atoms with van der Waals surface area (Å²) in [6.07, 6.45) is 0.467. The largest absolute Gasteiger partial charge is 0.497 e. The molecule has 0 unspecified atom stereocenters. The minimum atomic E-state index is -2.25. The van der Waals surface area contributed by atoms with Crippen LogP contribution in [0.4, 0.5) is 0 Å². The lowest BCUT2D eigenvalue weighted by molar-refractivity contribution is -0.198. The first-order valence-electron chi connectivity index (χ1n) is 17.0. The number of methoxy groups -OCH3 is 2. The molecule has 0 N–H and O–H groups in total. The molecule has 1 aromatic rings. The van der Waals surface area contributed by atoms with Crippen molar-refractivity contribution in [1.29, 1.82) is 0 Å². The van der Waals surface area contributed by atoms with Crippen LogP contribution in [0.5, 0.6) is 5.75 Å². The summed E-state index contributed by atoms with van der Waals surface area (Å²) in [7, 11) is -1.12. The van der Waals surface area contributed by atoms with Gasteiger partial charge < -0.3 is 27.8 Å². The van der Waals surface area contributed by atoms with Crippen LogP contribution in [0.3, 0.4) is 0 Å². The molecule has 8 atom stereocenters. The van der Waals surface area contributed by atoms with E-state index >= 15 is 0 Å². The number of ether oxygens (including phenoxy) is 4. The first kappa shape index (κ1) is 40.7. The smallest absolute Gasteiger partial charge is 0.337 e. The molecule has 1 aromatic carbocycles. The molecule has 0 radical (unpaired) electrons. The first-order valence-corrected chi connectivity index (χ1v) is 22.8. The summed E-state index contributed by atoms with van der Waals surface area (Å²) in [4.78, 5) is 13.7. The van der Waals surface area contributed by atoms with Gasteiger partial charge in [0.2, 0.25) is 0 Å². The number of hydrogen-bond donors (Lipinski definition) is 0. The highest BCUT2D eigenvalue weighted by atomic mass is 28.4. The molecule has 9 heteroatoms. The summed E-state index contributed by atoms with van der Waals surface area (Å²) in [5, 5.41) is -0.0349. The summed E-state index contributed by atoms with van der Waals surface area (Å²) in [5.41, 5.74) is 2.23. The predicted molar refractivity (Wildman–Crippen MR) is 193 cm³/mol. The zero-order chi connectivity index (χ0) is 35.4. The maximum absolute atomic E-state index is 13.7. The molecule has 0 saturated carbocycles. The van der Waals surface area contributed by atoms with Gasteiger partial charge in [-0.05, 0) is 73.4 Å². The van der Waals surface area contributed by atoms with Gasteiger partial charge in [0.25, 0.3) is 0 Å². The molecule has 0 aromatic heterocycles. The average molecular weight is 679 g/mol. The molecule has 7 nitrogen and oxygen atoms in total. The molecule has 1 fully saturated rings. The summed E-state index contributed by atoms with van der Waals surface area (Å²) in [5.74, 6) is 0.428. The molecule has 1 aliphatic rings. The van der Waals surface area contributed by atoms with Gasteiger partial charge in [-0.1, -0.05) is 80.5 Å². The Morgan fingerprint density at radius 2 is 1.48 bits per heavy atom. The number of benzene rings is 1. The summed E-state index contributed by atoms with van der Waals surface area (Å²) < 4.78 is 37.7. The lowest BCUT2D eigenvalue weighted by atomic mass is 9.80. The molecular formula is C37H66O7Si2. The zero-order valence-corrected chi connectivity index (χ0v) is 34.1. The van der Waals surface area contributed by atoms with Gasteiger partial charge in [-0.2, -0.15) is 0 Å².